The molecule has 0 bridgehead atoms. The van der Waals surface area contributed by atoms with Crippen molar-refractivity contribution in [2.24, 2.45) is 0 Å². The Hall–Kier alpha value is -3.04. The number of nitro groups is 1. The summed E-state index contributed by atoms with van der Waals surface area (Å²) >= 11 is 4.98. The molecule has 0 atom stereocenters. The van der Waals surface area contributed by atoms with Crippen LogP contribution in [0.4, 0.5) is 10.1 Å². The van der Waals surface area contributed by atoms with Gasteiger partial charge in [-0.05, 0) is 58.3 Å². The predicted octanol–water partition coefficient (Wildman–Crippen LogP) is 6.99. The van der Waals surface area contributed by atoms with Crippen LogP contribution in [-0.2, 0) is 13.0 Å². The Morgan fingerprint density at radius 2 is 2.00 bits per heavy atom. The fraction of sp³-hybridized carbons (Fsp3) is 0.208. The summed E-state index contributed by atoms with van der Waals surface area (Å²) in [6, 6.07) is 10.1. The first kappa shape index (κ1) is 24.6. The summed E-state index contributed by atoms with van der Waals surface area (Å²) in [4.78, 5) is 24.9. The van der Waals surface area contributed by atoms with Gasteiger partial charge in [0.2, 0.25) is 0 Å². The monoisotopic (exact) mass is 533 g/mol. The maximum Gasteiger partial charge on any atom is 0.311 e. The zero-order valence-electron chi connectivity index (χ0n) is 18.0. The van der Waals surface area contributed by atoms with E-state index >= 15 is 0 Å². The molecule has 1 heterocycles. The van der Waals surface area contributed by atoms with E-state index in [1.165, 1.54) is 24.5 Å². The predicted molar refractivity (Wildman–Crippen MR) is 130 cm³/mol. The Morgan fingerprint density at radius 1 is 1.21 bits per heavy atom. The molecule has 0 unspecified atom stereocenters. The average Bonchev–Trinajstić information content (AvgIpc) is 3.16. The van der Waals surface area contributed by atoms with Crippen LogP contribution in [0.5, 0.6) is 11.5 Å². The van der Waals surface area contributed by atoms with Crippen LogP contribution in [0.2, 0.25) is 0 Å². The van der Waals surface area contributed by atoms with Crippen molar-refractivity contribution in [2.45, 2.75) is 26.4 Å². The van der Waals surface area contributed by atoms with Crippen molar-refractivity contribution in [3.8, 4) is 11.5 Å². The molecule has 3 aromatic rings. The molecule has 0 aliphatic carbocycles. The Morgan fingerprint density at radius 3 is 2.70 bits per heavy atom. The van der Waals surface area contributed by atoms with Crippen molar-refractivity contribution in [1.82, 2.24) is 0 Å². The first-order chi connectivity index (χ1) is 15.8. The SMILES string of the molecule is CCCc1sc(C(=O)/C=C/c2ccc(OC)c(COc3cc(F)ccc3[N+](=O)[O-])c2)cc1Br. The van der Waals surface area contributed by atoms with E-state index in [2.05, 4.69) is 22.9 Å². The van der Waals surface area contributed by atoms with Gasteiger partial charge in [0.15, 0.2) is 11.5 Å². The summed E-state index contributed by atoms with van der Waals surface area (Å²) in [5, 5.41) is 11.2. The second-order valence-electron chi connectivity index (χ2n) is 7.06. The minimum Gasteiger partial charge on any atom is -0.496 e. The number of ether oxygens (including phenoxy) is 2. The highest BCUT2D eigenvalue weighted by molar-refractivity contribution is 9.10. The second-order valence-corrected chi connectivity index (χ2v) is 9.05. The van der Waals surface area contributed by atoms with Gasteiger partial charge < -0.3 is 9.47 Å². The Labute approximate surface area is 202 Å². The smallest absolute Gasteiger partial charge is 0.311 e. The number of ketones is 1. The quantitative estimate of drug-likeness (QED) is 0.121. The maximum atomic E-state index is 13.6. The highest BCUT2D eigenvalue weighted by Gasteiger charge is 2.17. The number of thiophene rings is 1. The number of rotatable bonds is 10. The third kappa shape index (κ3) is 6.27. The molecular weight excluding hydrogens is 513 g/mol. The minimum absolute atomic E-state index is 0.0820. The molecule has 0 N–H and O–H groups in total. The number of hydrogen-bond acceptors (Lipinski definition) is 6. The summed E-state index contributed by atoms with van der Waals surface area (Å²) in [5.74, 6) is -0.416. The van der Waals surface area contributed by atoms with Crippen molar-refractivity contribution >= 4 is 44.8 Å². The lowest BCUT2D eigenvalue weighted by atomic mass is 10.1. The summed E-state index contributed by atoms with van der Waals surface area (Å²) in [6.07, 6.45) is 5.09. The Bertz CT molecular complexity index is 1210. The molecule has 0 aliphatic heterocycles. The number of nitro benzene ring substituents is 1. The lowest BCUT2D eigenvalue weighted by Gasteiger charge is -2.11. The number of allylic oxidation sites excluding steroid dienone is 1. The first-order valence-corrected chi connectivity index (χ1v) is 11.7. The van der Waals surface area contributed by atoms with Gasteiger partial charge in [-0.3, -0.25) is 14.9 Å². The largest absolute Gasteiger partial charge is 0.496 e. The molecule has 0 spiro atoms. The number of hydrogen-bond donors (Lipinski definition) is 0. The normalized spacial score (nSPS) is 11.0. The summed E-state index contributed by atoms with van der Waals surface area (Å²) < 4.78 is 25.4. The van der Waals surface area contributed by atoms with Crippen molar-refractivity contribution in [3.63, 3.8) is 0 Å². The third-order valence-corrected chi connectivity index (χ3v) is 6.89. The summed E-state index contributed by atoms with van der Waals surface area (Å²) in [5.41, 5.74) is 0.984. The van der Waals surface area contributed by atoms with Crippen molar-refractivity contribution < 1.29 is 23.6 Å². The third-order valence-electron chi connectivity index (χ3n) is 4.71. The fourth-order valence-electron chi connectivity index (χ4n) is 3.10. The molecule has 0 amide bonds. The van der Waals surface area contributed by atoms with Gasteiger partial charge in [0.05, 0.1) is 16.9 Å². The molecule has 172 valence electrons. The van der Waals surface area contributed by atoms with E-state index < -0.39 is 10.7 Å². The second kappa shape index (κ2) is 11.2. The van der Waals surface area contributed by atoms with Crippen LogP contribution in [0.3, 0.4) is 0 Å². The molecule has 0 saturated carbocycles. The molecule has 0 radical (unpaired) electrons. The number of nitrogens with zero attached hydrogens (tertiary/aromatic N) is 1. The van der Waals surface area contributed by atoms with Crippen molar-refractivity contribution in [1.29, 1.82) is 0 Å². The number of benzene rings is 2. The number of aryl methyl sites for hydroxylation is 1. The van der Waals surface area contributed by atoms with Gasteiger partial charge in [0.1, 0.15) is 18.2 Å². The molecule has 33 heavy (non-hydrogen) atoms. The number of carbonyl (C=O) groups excluding carboxylic acids is 1. The molecule has 6 nitrogen and oxygen atoms in total. The molecule has 0 aliphatic rings. The molecule has 2 aromatic carbocycles. The Kier molecular flexibility index (Phi) is 8.35. The molecule has 9 heteroatoms. The molecular formula is C24H21BrFNO5S. The van der Waals surface area contributed by atoms with Crippen molar-refractivity contribution in [2.75, 3.05) is 7.11 Å². The van der Waals surface area contributed by atoms with E-state index in [1.807, 2.05) is 6.07 Å². The Balaban J connectivity index is 1.78. The average molecular weight is 534 g/mol. The summed E-state index contributed by atoms with van der Waals surface area (Å²) in [6.45, 7) is 2.01. The standard InChI is InChI=1S/C24H21BrFNO5S/c1-3-4-23-18(25)13-24(33-23)20(28)9-5-15-6-10-21(31-2)16(11-15)14-32-22-12-17(26)7-8-19(22)27(29)30/h5-13H,3-4,14H2,1-2H3/b9-5+. The van der Waals surface area contributed by atoms with E-state index in [0.29, 0.717) is 16.2 Å². The minimum atomic E-state index is -0.639. The number of halogens is 2. The summed E-state index contributed by atoms with van der Waals surface area (Å²) in [7, 11) is 1.49. The zero-order valence-corrected chi connectivity index (χ0v) is 20.4. The maximum absolute atomic E-state index is 13.6. The molecule has 0 fully saturated rings. The van der Waals surface area contributed by atoms with Gasteiger partial charge in [0.25, 0.3) is 0 Å². The van der Waals surface area contributed by atoms with Crippen LogP contribution in [-0.4, -0.2) is 17.8 Å². The van der Waals surface area contributed by atoms with Gasteiger partial charge in [-0.15, -0.1) is 11.3 Å². The van der Waals surface area contributed by atoms with E-state index in [9.17, 15) is 19.3 Å². The van der Waals surface area contributed by atoms with Crippen LogP contribution in [0.25, 0.3) is 6.08 Å². The van der Waals surface area contributed by atoms with Crippen LogP contribution < -0.4 is 9.47 Å². The van der Waals surface area contributed by atoms with Gasteiger partial charge in [0, 0.05) is 27.0 Å². The lowest BCUT2D eigenvalue weighted by molar-refractivity contribution is -0.386. The van der Waals surface area contributed by atoms with Crippen LogP contribution in [0.1, 0.15) is 39.0 Å². The lowest BCUT2D eigenvalue weighted by Crippen LogP contribution is -2.02. The van der Waals surface area contributed by atoms with E-state index in [0.717, 1.165) is 46.0 Å². The van der Waals surface area contributed by atoms with E-state index in [4.69, 9.17) is 9.47 Å². The van der Waals surface area contributed by atoms with Gasteiger partial charge in [-0.1, -0.05) is 25.5 Å². The van der Waals surface area contributed by atoms with Crippen LogP contribution in [0.15, 0.2) is 53.0 Å². The molecule has 0 saturated heterocycles. The number of carbonyl (C=O) groups is 1. The first-order valence-electron chi connectivity index (χ1n) is 10.1. The zero-order chi connectivity index (χ0) is 24.0. The van der Waals surface area contributed by atoms with E-state index in [-0.39, 0.29) is 23.8 Å². The fourth-order valence-corrected chi connectivity index (χ4v) is 5.00. The number of methoxy groups -OCH3 is 1. The van der Waals surface area contributed by atoms with Gasteiger partial charge in [-0.25, -0.2) is 4.39 Å². The highest BCUT2D eigenvalue weighted by Crippen LogP contribution is 2.31. The molecule has 3 rings (SSSR count). The van der Waals surface area contributed by atoms with Crippen LogP contribution >= 0.6 is 27.3 Å². The molecule has 1 aromatic heterocycles. The van der Waals surface area contributed by atoms with E-state index in [1.54, 1.807) is 24.3 Å². The van der Waals surface area contributed by atoms with Crippen LogP contribution in [0, 0.1) is 15.9 Å². The van der Waals surface area contributed by atoms with Gasteiger partial charge in [-0.2, -0.15) is 0 Å². The van der Waals surface area contributed by atoms with Crippen molar-refractivity contribution in [3.05, 3.63) is 89.8 Å². The highest BCUT2D eigenvalue weighted by atomic mass is 79.9. The van der Waals surface area contributed by atoms with Gasteiger partial charge >= 0.3 is 5.69 Å². The topological polar surface area (TPSA) is 78.7 Å².